The summed E-state index contributed by atoms with van der Waals surface area (Å²) in [7, 11) is 0. The van der Waals surface area contributed by atoms with Gasteiger partial charge in [0.05, 0.1) is 5.33 Å². The van der Waals surface area contributed by atoms with Gasteiger partial charge in [-0.25, -0.2) is 0 Å². The van der Waals surface area contributed by atoms with Crippen LogP contribution in [0.1, 0.15) is 13.3 Å². The molecule has 0 amide bonds. The molecule has 3 heteroatoms. The molecule has 0 aliphatic carbocycles. The third-order valence-electron chi connectivity index (χ3n) is 0.780. The van der Waals surface area contributed by atoms with E-state index in [2.05, 4.69) is 15.9 Å². The van der Waals surface area contributed by atoms with Gasteiger partial charge in [0.15, 0.2) is 5.79 Å². The molecule has 0 aromatic heterocycles. The molecule has 0 atom stereocenters. The van der Waals surface area contributed by atoms with Crippen molar-refractivity contribution in [2.75, 3.05) is 5.33 Å². The lowest BCUT2D eigenvalue weighted by Crippen LogP contribution is -2.28. The third-order valence-corrected chi connectivity index (χ3v) is 1.68. The molecular weight excluding hydrogens is 160 g/mol. The highest BCUT2D eigenvalue weighted by Crippen LogP contribution is 2.06. The molecule has 0 radical (unpaired) electrons. The molecule has 0 aliphatic heterocycles. The van der Waals surface area contributed by atoms with Crippen molar-refractivity contribution in [1.82, 2.24) is 0 Å². The molecule has 44 valence electrons. The minimum absolute atomic E-state index is 0.219. The number of rotatable bonds is 2. The van der Waals surface area contributed by atoms with Crippen molar-refractivity contribution in [3.63, 3.8) is 0 Å². The van der Waals surface area contributed by atoms with Crippen molar-refractivity contribution in [3.8, 4) is 0 Å². The van der Waals surface area contributed by atoms with Gasteiger partial charge in [-0.15, -0.1) is 0 Å². The second-order valence-electron chi connectivity index (χ2n) is 1.47. The predicted octanol–water partition coefficient (Wildman–Crippen LogP) is 0.472. The zero-order valence-electron chi connectivity index (χ0n) is 4.19. The molecule has 2 N–H and O–H groups in total. The Hall–Kier alpha value is 0.400. The normalized spacial score (nSPS) is 12.0. The van der Waals surface area contributed by atoms with Gasteiger partial charge in [-0.2, -0.15) is 0 Å². The number of alkyl halides is 1. The molecule has 0 aromatic carbocycles. The Labute approximate surface area is 51.3 Å². The van der Waals surface area contributed by atoms with Gasteiger partial charge in [-0.1, -0.05) is 22.9 Å². The van der Waals surface area contributed by atoms with Gasteiger partial charge in [0.25, 0.3) is 0 Å². The monoisotopic (exact) mass is 168 g/mol. The van der Waals surface area contributed by atoms with Gasteiger partial charge < -0.3 is 10.2 Å². The molecule has 0 unspecified atom stereocenters. The SMILES string of the molecule is CCC(O)(O)CBr. The van der Waals surface area contributed by atoms with Gasteiger partial charge in [0, 0.05) is 0 Å². The van der Waals surface area contributed by atoms with Crippen LogP contribution >= 0.6 is 15.9 Å². The average Bonchev–Trinajstić information content (AvgIpc) is 1.68. The fourth-order valence-corrected chi connectivity index (χ4v) is 0.491. The summed E-state index contributed by atoms with van der Waals surface area (Å²) >= 11 is 2.93. The number of aliphatic hydroxyl groups is 2. The molecule has 2 nitrogen and oxygen atoms in total. The second kappa shape index (κ2) is 2.64. The molecule has 0 heterocycles. The van der Waals surface area contributed by atoms with Gasteiger partial charge in [-0.05, 0) is 6.42 Å². The number of hydrogen-bond acceptors (Lipinski definition) is 2. The highest BCUT2D eigenvalue weighted by atomic mass is 79.9. The van der Waals surface area contributed by atoms with E-state index in [1.165, 1.54) is 0 Å². The van der Waals surface area contributed by atoms with Crippen LogP contribution in [0.5, 0.6) is 0 Å². The molecule has 0 saturated heterocycles. The largest absolute Gasteiger partial charge is 0.365 e. The summed E-state index contributed by atoms with van der Waals surface area (Å²) in [4.78, 5) is 0. The quantitative estimate of drug-likeness (QED) is 0.466. The van der Waals surface area contributed by atoms with E-state index in [0.717, 1.165) is 0 Å². The van der Waals surface area contributed by atoms with E-state index in [9.17, 15) is 0 Å². The summed E-state index contributed by atoms with van der Waals surface area (Å²) in [6.07, 6.45) is 0.359. The Balaban J connectivity index is 3.36. The van der Waals surface area contributed by atoms with Crippen LogP contribution in [-0.4, -0.2) is 21.3 Å². The smallest absolute Gasteiger partial charge is 0.172 e. The molecule has 7 heavy (non-hydrogen) atoms. The highest BCUT2D eigenvalue weighted by Gasteiger charge is 2.16. The molecular formula is C4H9BrO2. The third kappa shape index (κ3) is 3.02. The van der Waals surface area contributed by atoms with E-state index in [1.54, 1.807) is 6.92 Å². The van der Waals surface area contributed by atoms with Crippen molar-refractivity contribution in [2.24, 2.45) is 0 Å². The van der Waals surface area contributed by atoms with Crippen molar-refractivity contribution >= 4 is 15.9 Å². The summed E-state index contributed by atoms with van der Waals surface area (Å²) in [6, 6.07) is 0. The van der Waals surface area contributed by atoms with Crippen LogP contribution in [0.2, 0.25) is 0 Å². The second-order valence-corrected chi connectivity index (χ2v) is 2.03. The van der Waals surface area contributed by atoms with Crippen LogP contribution < -0.4 is 0 Å². The lowest BCUT2D eigenvalue weighted by molar-refractivity contribution is -0.140. The Bertz CT molecular complexity index is 47.7. The lowest BCUT2D eigenvalue weighted by atomic mass is 10.3. The van der Waals surface area contributed by atoms with E-state index >= 15 is 0 Å². The molecule has 0 bridgehead atoms. The van der Waals surface area contributed by atoms with Gasteiger partial charge in [0.2, 0.25) is 0 Å². The van der Waals surface area contributed by atoms with E-state index < -0.39 is 5.79 Å². The first-order valence-corrected chi connectivity index (χ1v) is 3.25. The Kier molecular flexibility index (Phi) is 2.80. The maximum Gasteiger partial charge on any atom is 0.172 e. The molecule has 0 aromatic rings. The lowest BCUT2D eigenvalue weighted by Gasteiger charge is -2.14. The Morgan fingerprint density at radius 1 is 1.57 bits per heavy atom. The molecule has 0 aliphatic rings. The zero-order chi connectivity index (χ0) is 5.91. The van der Waals surface area contributed by atoms with Crippen LogP contribution in [0.3, 0.4) is 0 Å². The summed E-state index contributed by atoms with van der Waals surface area (Å²) in [5.74, 6) is -1.50. The minimum atomic E-state index is -1.50. The first-order valence-electron chi connectivity index (χ1n) is 2.13. The van der Waals surface area contributed by atoms with Crippen molar-refractivity contribution in [1.29, 1.82) is 0 Å². The first-order chi connectivity index (χ1) is 3.12. The van der Waals surface area contributed by atoms with Crippen molar-refractivity contribution in [2.45, 2.75) is 19.1 Å². The van der Waals surface area contributed by atoms with E-state index in [1.807, 2.05) is 0 Å². The highest BCUT2D eigenvalue weighted by molar-refractivity contribution is 9.09. The minimum Gasteiger partial charge on any atom is -0.365 e. The van der Waals surface area contributed by atoms with Crippen LogP contribution in [-0.2, 0) is 0 Å². The van der Waals surface area contributed by atoms with Crippen LogP contribution in [0.4, 0.5) is 0 Å². The standard InChI is InChI=1S/C4H9BrO2/c1-2-4(6,7)3-5/h6-7H,2-3H2,1H3. The summed E-state index contributed by atoms with van der Waals surface area (Å²) in [5, 5.41) is 17.5. The van der Waals surface area contributed by atoms with E-state index in [4.69, 9.17) is 10.2 Å². The molecule has 0 saturated carbocycles. The predicted molar refractivity (Wildman–Crippen MR) is 31.3 cm³/mol. The van der Waals surface area contributed by atoms with Gasteiger partial charge in [0.1, 0.15) is 0 Å². The molecule has 0 fully saturated rings. The van der Waals surface area contributed by atoms with Gasteiger partial charge in [-0.3, -0.25) is 0 Å². The topological polar surface area (TPSA) is 40.5 Å². The van der Waals surface area contributed by atoms with E-state index in [0.29, 0.717) is 6.42 Å². The fraction of sp³-hybridized carbons (Fsp3) is 1.00. The van der Waals surface area contributed by atoms with Crippen LogP contribution in [0.15, 0.2) is 0 Å². The van der Waals surface area contributed by atoms with Crippen LogP contribution in [0, 0.1) is 0 Å². The molecule has 0 spiro atoms. The number of hydrogen-bond donors (Lipinski definition) is 2. The van der Waals surface area contributed by atoms with Crippen molar-refractivity contribution in [3.05, 3.63) is 0 Å². The Morgan fingerprint density at radius 3 is 2.00 bits per heavy atom. The maximum absolute atomic E-state index is 8.64. The molecule has 0 rings (SSSR count). The zero-order valence-corrected chi connectivity index (χ0v) is 5.77. The summed E-state index contributed by atoms with van der Waals surface area (Å²) < 4.78 is 0. The van der Waals surface area contributed by atoms with Crippen molar-refractivity contribution < 1.29 is 10.2 Å². The average molecular weight is 169 g/mol. The summed E-state index contributed by atoms with van der Waals surface area (Å²) in [6.45, 7) is 1.71. The maximum atomic E-state index is 8.64. The van der Waals surface area contributed by atoms with E-state index in [-0.39, 0.29) is 5.33 Å². The number of halogens is 1. The summed E-state index contributed by atoms with van der Waals surface area (Å²) in [5.41, 5.74) is 0. The first kappa shape index (κ1) is 7.40. The Morgan fingerprint density at radius 2 is 2.00 bits per heavy atom. The van der Waals surface area contributed by atoms with Crippen LogP contribution in [0.25, 0.3) is 0 Å². The fourth-order valence-electron chi connectivity index (χ4n) is 0.0945. The van der Waals surface area contributed by atoms with Gasteiger partial charge >= 0.3 is 0 Å².